The first-order valence-electron chi connectivity index (χ1n) is 8.46. The third-order valence-electron chi connectivity index (χ3n) is 4.29. The highest BCUT2D eigenvalue weighted by molar-refractivity contribution is 5.81. The first kappa shape index (κ1) is 16.9. The summed E-state index contributed by atoms with van der Waals surface area (Å²) in [7, 11) is 5.13. The van der Waals surface area contributed by atoms with E-state index < -0.39 is 0 Å². The number of benzene rings is 1. The molecule has 0 fully saturated rings. The summed E-state index contributed by atoms with van der Waals surface area (Å²) in [6.45, 7) is 0.583. The molecule has 0 aliphatic carbocycles. The highest BCUT2D eigenvalue weighted by Gasteiger charge is 2.12. The Morgan fingerprint density at radius 3 is 2.59 bits per heavy atom. The van der Waals surface area contributed by atoms with E-state index in [9.17, 15) is 0 Å². The van der Waals surface area contributed by atoms with Crippen molar-refractivity contribution < 1.29 is 9.47 Å². The standard InChI is InChI=1S/C19H20N6O2/c1-25-11-13(18(24-25)12-4-6-20-7-5-12)10-21-19-22-14-8-16(26-2)17(27-3)9-15(14)23-19/h4-9,11H,10H2,1-3H3,(H2,21,22,23). The molecule has 0 spiro atoms. The fourth-order valence-corrected chi connectivity index (χ4v) is 3.02. The Hall–Kier alpha value is -3.55. The summed E-state index contributed by atoms with van der Waals surface area (Å²) in [6, 6.07) is 7.62. The number of fused-ring (bicyclic) bond motifs is 1. The van der Waals surface area contributed by atoms with E-state index in [2.05, 4.69) is 25.4 Å². The Morgan fingerprint density at radius 2 is 1.85 bits per heavy atom. The minimum Gasteiger partial charge on any atom is -0.493 e. The number of imidazole rings is 1. The molecule has 138 valence electrons. The van der Waals surface area contributed by atoms with Gasteiger partial charge < -0.3 is 19.8 Å². The minimum absolute atomic E-state index is 0.583. The number of rotatable bonds is 6. The van der Waals surface area contributed by atoms with E-state index in [4.69, 9.17) is 9.47 Å². The van der Waals surface area contributed by atoms with Crippen LogP contribution in [0.2, 0.25) is 0 Å². The molecule has 8 heteroatoms. The van der Waals surface area contributed by atoms with Crippen LogP contribution in [0.5, 0.6) is 11.5 Å². The Kier molecular flexibility index (Phi) is 4.37. The summed E-state index contributed by atoms with van der Waals surface area (Å²) in [4.78, 5) is 11.9. The summed E-state index contributed by atoms with van der Waals surface area (Å²) in [6.07, 6.45) is 5.53. The van der Waals surface area contributed by atoms with Crippen LogP contribution in [0.4, 0.5) is 5.95 Å². The first-order valence-corrected chi connectivity index (χ1v) is 8.46. The summed E-state index contributed by atoms with van der Waals surface area (Å²) in [5, 5.41) is 7.90. The number of pyridine rings is 1. The van der Waals surface area contributed by atoms with E-state index in [1.807, 2.05) is 37.5 Å². The van der Waals surface area contributed by atoms with Crippen molar-refractivity contribution in [3.05, 3.63) is 48.4 Å². The molecule has 0 atom stereocenters. The Balaban J connectivity index is 1.59. The second kappa shape index (κ2) is 6.99. The summed E-state index contributed by atoms with van der Waals surface area (Å²) in [5.74, 6) is 1.98. The van der Waals surface area contributed by atoms with Crippen LogP contribution in [0.25, 0.3) is 22.3 Å². The molecule has 0 aliphatic heterocycles. The zero-order valence-corrected chi connectivity index (χ0v) is 15.4. The Labute approximate surface area is 156 Å². The third kappa shape index (κ3) is 3.29. The van der Waals surface area contributed by atoms with E-state index in [1.165, 1.54) is 0 Å². The number of hydrogen-bond donors (Lipinski definition) is 2. The van der Waals surface area contributed by atoms with Crippen LogP contribution in [0.1, 0.15) is 5.56 Å². The predicted molar refractivity (Wildman–Crippen MR) is 103 cm³/mol. The van der Waals surface area contributed by atoms with Crippen molar-refractivity contribution in [1.82, 2.24) is 24.7 Å². The van der Waals surface area contributed by atoms with Gasteiger partial charge in [-0.2, -0.15) is 5.10 Å². The molecule has 4 aromatic rings. The van der Waals surface area contributed by atoms with E-state index in [1.54, 1.807) is 31.3 Å². The van der Waals surface area contributed by atoms with Gasteiger partial charge in [-0.3, -0.25) is 9.67 Å². The van der Waals surface area contributed by atoms with Gasteiger partial charge in [0.25, 0.3) is 0 Å². The molecule has 4 rings (SSSR count). The summed E-state index contributed by atoms with van der Waals surface area (Å²) >= 11 is 0. The predicted octanol–water partition coefficient (Wildman–Crippen LogP) is 2.99. The normalized spacial score (nSPS) is 10.9. The molecular formula is C19H20N6O2. The minimum atomic E-state index is 0.583. The lowest BCUT2D eigenvalue weighted by Gasteiger charge is -2.06. The largest absolute Gasteiger partial charge is 0.493 e. The van der Waals surface area contributed by atoms with Gasteiger partial charge in [-0.05, 0) is 12.1 Å². The molecule has 8 nitrogen and oxygen atoms in total. The van der Waals surface area contributed by atoms with E-state index in [-0.39, 0.29) is 0 Å². The maximum Gasteiger partial charge on any atom is 0.201 e. The maximum atomic E-state index is 5.34. The molecule has 0 aliphatic rings. The topological polar surface area (TPSA) is 89.9 Å². The van der Waals surface area contributed by atoms with Gasteiger partial charge in [-0.1, -0.05) is 0 Å². The van der Waals surface area contributed by atoms with Crippen LogP contribution in [-0.2, 0) is 13.6 Å². The maximum absolute atomic E-state index is 5.34. The van der Waals surface area contributed by atoms with Crippen LogP contribution in [0.15, 0.2) is 42.9 Å². The average Bonchev–Trinajstić information content (AvgIpc) is 3.27. The molecule has 1 aromatic carbocycles. The van der Waals surface area contributed by atoms with Crippen molar-refractivity contribution in [2.75, 3.05) is 19.5 Å². The van der Waals surface area contributed by atoms with E-state index >= 15 is 0 Å². The van der Waals surface area contributed by atoms with Crippen LogP contribution in [0.3, 0.4) is 0 Å². The van der Waals surface area contributed by atoms with Gasteiger partial charge in [0.2, 0.25) is 5.95 Å². The number of aryl methyl sites for hydroxylation is 1. The quantitative estimate of drug-likeness (QED) is 0.547. The number of methoxy groups -OCH3 is 2. The number of nitrogens with one attached hydrogen (secondary N) is 2. The molecular weight excluding hydrogens is 344 g/mol. The Morgan fingerprint density at radius 1 is 1.11 bits per heavy atom. The zero-order chi connectivity index (χ0) is 18.8. The van der Waals surface area contributed by atoms with Crippen molar-refractivity contribution in [1.29, 1.82) is 0 Å². The molecule has 0 unspecified atom stereocenters. The molecule has 27 heavy (non-hydrogen) atoms. The number of ether oxygens (including phenoxy) is 2. The molecule has 2 N–H and O–H groups in total. The van der Waals surface area contributed by atoms with E-state index in [0.717, 1.165) is 27.9 Å². The van der Waals surface area contributed by atoms with Crippen LogP contribution in [0, 0.1) is 0 Å². The van der Waals surface area contributed by atoms with Gasteiger partial charge in [0.1, 0.15) is 0 Å². The molecule has 0 bridgehead atoms. The average molecular weight is 364 g/mol. The van der Waals surface area contributed by atoms with Crippen molar-refractivity contribution in [2.24, 2.45) is 7.05 Å². The number of hydrogen-bond acceptors (Lipinski definition) is 6. The lowest BCUT2D eigenvalue weighted by Crippen LogP contribution is -2.01. The van der Waals surface area contributed by atoms with Gasteiger partial charge >= 0.3 is 0 Å². The molecule has 0 amide bonds. The van der Waals surface area contributed by atoms with Crippen molar-refractivity contribution in [3.8, 4) is 22.8 Å². The van der Waals surface area contributed by atoms with Gasteiger partial charge in [0.05, 0.1) is 30.9 Å². The number of anilines is 1. The van der Waals surface area contributed by atoms with Crippen molar-refractivity contribution in [2.45, 2.75) is 6.54 Å². The second-order valence-corrected chi connectivity index (χ2v) is 6.08. The smallest absolute Gasteiger partial charge is 0.201 e. The van der Waals surface area contributed by atoms with Gasteiger partial charge in [-0.25, -0.2) is 4.98 Å². The summed E-state index contributed by atoms with van der Waals surface area (Å²) < 4.78 is 12.5. The highest BCUT2D eigenvalue weighted by Crippen LogP contribution is 2.31. The van der Waals surface area contributed by atoms with Gasteiger partial charge in [0.15, 0.2) is 11.5 Å². The van der Waals surface area contributed by atoms with Crippen LogP contribution >= 0.6 is 0 Å². The first-order chi connectivity index (χ1) is 13.2. The van der Waals surface area contributed by atoms with Gasteiger partial charge in [0, 0.05) is 55.4 Å². The Bertz CT molecular complexity index is 1030. The van der Waals surface area contributed by atoms with Gasteiger partial charge in [-0.15, -0.1) is 0 Å². The number of aromatic nitrogens is 5. The second-order valence-electron chi connectivity index (χ2n) is 6.08. The number of aromatic amines is 1. The van der Waals surface area contributed by atoms with Crippen molar-refractivity contribution >= 4 is 17.0 Å². The van der Waals surface area contributed by atoms with Crippen LogP contribution in [-0.4, -0.2) is 39.0 Å². The zero-order valence-electron chi connectivity index (χ0n) is 15.4. The fraction of sp³-hybridized carbons (Fsp3) is 0.211. The highest BCUT2D eigenvalue weighted by atomic mass is 16.5. The SMILES string of the molecule is COc1cc2nc(NCc3cn(C)nc3-c3ccncc3)[nH]c2cc1OC. The lowest BCUT2D eigenvalue weighted by atomic mass is 10.1. The number of nitrogens with zero attached hydrogens (tertiary/aromatic N) is 4. The van der Waals surface area contributed by atoms with Crippen molar-refractivity contribution in [3.63, 3.8) is 0 Å². The molecule has 0 saturated heterocycles. The van der Waals surface area contributed by atoms with E-state index in [0.29, 0.717) is 24.0 Å². The monoisotopic (exact) mass is 364 g/mol. The lowest BCUT2D eigenvalue weighted by molar-refractivity contribution is 0.356. The van der Waals surface area contributed by atoms with Crippen LogP contribution < -0.4 is 14.8 Å². The molecule has 0 radical (unpaired) electrons. The third-order valence-corrected chi connectivity index (χ3v) is 4.29. The summed E-state index contributed by atoms with van der Waals surface area (Å²) in [5.41, 5.74) is 4.69. The number of H-pyrrole nitrogens is 1. The molecule has 0 saturated carbocycles. The molecule has 3 aromatic heterocycles. The fourth-order valence-electron chi connectivity index (χ4n) is 3.02. The molecule has 3 heterocycles.